The molecule has 3 nitrogen and oxygen atoms in total. The molecule has 0 N–H and O–H groups in total. The standard InChI is InChI=1S/C63H37N3/c64-38-39-18-20-40(21-19-39)41-22-26-43(27-23-41)57-37-58(66-63(65-57)48-8-2-1-3-9-48)44-28-24-42(25-29-44)49-13-4-14-50(34-49)52-35-51-33-32-47-11-6-16-54-53-15-5-10-45-30-31-46-12-7-17-55(61(46)59(45)53)56(36-52)62(51)60(47)54/h1-37H. The highest BCUT2D eigenvalue weighted by molar-refractivity contribution is 6.37. The van der Waals surface area contributed by atoms with E-state index in [1.165, 1.54) is 75.8 Å². The van der Waals surface area contributed by atoms with Crippen LogP contribution >= 0.6 is 0 Å². The maximum absolute atomic E-state index is 9.26. The summed E-state index contributed by atoms with van der Waals surface area (Å²) in [4.78, 5) is 10.2. The molecule has 0 aliphatic rings. The molecule has 0 aliphatic heterocycles. The average molecular weight is 836 g/mol. The molecule has 13 rings (SSSR count). The van der Waals surface area contributed by atoms with E-state index in [9.17, 15) is 5.26 Å². The monoisotopic (exact) mass is 835 g/mol. The number of rotatable bonds is 6. The van der Waals surface area contributed by atoms with Crippen molar-refractivity contribution in [3.05, 3.63) is 230 Å². The second kappa shape index (κ2) is 15.1. The normalized spacial score (nSPS) is 11.6. The first-order chi connectivity index (χ1) is 32.6. The molecule has 1 aromatic heterocycles. The van der Waals surface area contributed by atoms with Crippen molar-refractivity contribution in [2.45, 2.75) is 0 Å². The van der Waals surface area contributed by atoms with Gasteiger partial charge in [0.15, 0.2) is 5.82 Å². The lowest BCUT2D eigenvalue weighted by molar-refractivity contribution is 1.18. The fourth-order valence-electron chi connectivity index (χ4n) is 10.2. The van der Waals surface area contributed by atoms with Gasteiger partial charge in [-0.2, -0.15) is 5.26 Å². The van der Waals surface area contributed by atoms with Gasteiger partial charge in [-0.1, -0.05) is 188 Å². The van der Waals surface area contributed by atoms with Crippen molar-refractivity contribution in [3.8, 4) is 73.4 Å². The molecule has 3 heteroatoms. The molecule has 0 aliphatic carbocycles. The molecule has 0 saturated heterocycles. The predicted molar refractivity (Wildman–Crippen MR) is 276 cm³/mol. The summed E-state index contributed by atoms with van der Waals surface area (Å²) in [5, 5.41) is 24.6. The number of hydrogen-bond acceptors (Lipinski definition) is 3. The van der Waals surface area contributed by atoms with Gasteiger partial charge in [0.1, 0.15) is 0 Å². The lowest BCUT2D eigenvalue weighted by Crippen LogP contribution is -1.96. The Bertz CT molecular complexity index is 4070. The van der Waals surface area contributed by atoms with Gasteiger partial charge in [0.2, 0.25) is 0 Å². The van der Waals surface area contributed by atoms with E-state index < -0.39 is 0 Å². The number of fused-ring (bicyclic) bond motifs is 2. The van der Waals surface area contributed by atoms with Crippen molar-refractivity contribution in [1.82, 2.24) is 9.97 Å². The molecule has 0 saturated carbocycles. The van der Waals surface area contributed by atoms with Crippen LogP contribution < -0.4 is 0 Å². The number of benzene rings is 11. The third-order valence-electron chi connectivity index (χ3n) is 13.4. The number of hydrogen-bond donors (Lipinski definition) is 0. The van der Waals surface area contributed by atoms with E-state index in [2.05, 4.69) is 188 Å². The van der Waals surface area contributed by atoms with Crippen LogP contribution in [0.1, 0.15) is 5.56 Å². The van der Waals surface area contributed by atoms with Crippen LogP contribution in [-0.2, 0) is 0 Å². The van der Waals surface area contributed by atoms with Crippen LogP contribution in [-0.4, -0.2) is 9.97 Å². The predicted octanol–water partition coefficient (Wildman–Crippen LogP) is 16.7. The van der Waals surface area contributed by atoms with Gasteiger partial charge in [0.25, 0.3) is 0 Å². The van der Waals surface area contributed by atoms with Gasteiger partial charge in [0.05, 0.1) is 23.0 Å². The summed E-state index contributed by atoms with van der Waals surface area (Å²) in [5.41, 5.74) is 12.1. The van der Waals surface area contributed by atoms with Gasteiger partial charge < -0.3 is 0 Å². The number of aromatic nitrogens is 2. The van der Waals surface area contributed by atoms with Crippen molar-refractivity contribution in [1.29, 1.82) is 5.26 Å². The first kappa shape index (κ1) is 37.6. The first-order valence-electron chi connectivity index (χ1n) is 22.3. The van der Waals surface area contributed by atoms with Crippen molar-refractivity contribution >= 4 is 64.6 Å². The lowest BCUT2D eigenvalue weighted by Gasteiger charge is -2.17. The Morgan fingerprint density at radius 3 is 1.24 bits per heavy atom. The molecule has 0 fully saturated rings. The van der Waals surface area contributed by atoms with Crippen LogP contribution in [0, 0.1) is 11.3 Å². The van der Waals surface area contributed by atoms with E-state index in [-0.39, 0.29) is 0 Å². The van der Waals surface area contributed by atoms with Crippen molar-refractivity contribution in [2.24, 2.45) is 0 Å². The summed E-state index contributed by atoms with van der Waals surface area (Å²) < 4.78 is 0. The van der Waals surface area contributed by atoms with E-state index in [0.29, 0.717) is 11.4 Å². The third kappa shape index (κ3) is 6.20. The molecule has 66 heavy (non-hydrogen) atoms. The van der Waals surface area contributed by atoms with E-state index in [1.54, 1.807) is 0 Å². The van der Waals surface area contributed by atoms with E-state index in [1.807, 2.05) is 42.5 Å². The van der Waals surface area contributed by atoms with Crippen LogP contribution in [0.3, 0.4) is 0 Å². The fraction of sp³-hybridized carbons (Fsp3) is 0. The van der Waals surface area contributed by atoms with Crippen LogP contribution in [0.4, 0.5) is 0 Å². The Labute approximate surface area is 381 Å². The summed E-state index contributed by atoms with van der Waals surface area (Å²) in [7, 11) is 0. The minimum atomic E-state index is 0.649. The topological polar surface area (TPSA) is 49.6 Å². The van der Waals surface area contributed by atoms with Crippen LogP contribution in [0.15, 0.2) is 224 Å². The zero-order chi connectivity index (χ0) is 43.7. The molecule has 12 aromatic carbocycles. The minimum Gasteiger partial charge on any atom is -0.228 e. The molecule has 1 heterocycles. The molecule has 13 aromatic rings. The Kier molecular flexibility index (Phi) is 8.59. The molecule has 0 atom stereocenters. The lowest BCUT2D eigenvalue weighted by atomic mass is 9.86. The van der Waals surface area contributed by atoms with Crippen molar-refractivity contribution in [3.63, 3.8) is 0 Å². The number of nitriles is 1. The van der Waals surface area contributed by atoms with Crippen molar-refractivity contribution in [2.75, 3.05) is 0 Å². The average Bonchev–Trinajstić information content (AvgIpc) is 3.39. The Balaban J connectivity index is 0.904. The fourth-order valence-corrected chi connectivity index (χ4v) is 10.2. The number of nitrogens with zero attached hydrogens (tertiary/aromatic N) is 3. The zero-order valence-corrected chi connectivity index (χ0v) is 35.7. The van der Waals surface area contributed by atoms with Crippen LogP contribution in [0.5, 0.6) is 0 Å². The maximum atomic E-state index is 9.26. The quantitative estimate of drug-likeness (QED) is 0.157. The summed E-state index contributed by atoms with van der Waals surface area (Å²) in [6.45, 7) is 0. The highest BCUT2D eigenvalue weighted by atomic mass is 14.9. The van der Waals surface area contributed by atoms with Crippen LogP contribution in [0.25, 0.3) is 132 Å². The van der Waals surface area contributed by atoms with Gasteiger partial charge >= 0.3 is 0 Å². The summed E-state index contributed by atoms with van der Waals surface area (Å²) in [5.74, 6) is 0.679. The second-order valence-electron chi connectivity index (χ2n) is 17.2. The highest BCUT2D eigenvalue weighted by Gasteiger charge is 2.17. The maximum Gasteiger partial charge on any atom is 0.160 e. The van der Waals surface area contributed by atoms with E-state index in [0.717, 1.165) is 50.3 Å². The van der Waals surface area contributed by atoms with Crippen molar-refractivity contribution < 1.29 is 0 Å². The molecule has 0 spiro atoms. The summed E-state index contributed by atoms with van der Waals surface area (Å²) in [6, 6.07) is 82.5. The molecule has 0 radical (unpaired) electrons. The Hall–Kier alpha value is -8.97. The van der Waals surface area contributed by atoms with E-state index in [4.69, 9.17) is 9.97 Å². The first-order valence-corrected chi connectivity index (χ1v) is 22.3. The molecule has 304 valence electrons. The van der Waals surface area contributed by atoms with Crippen LogP contribution in [0.2, 0.25) is 0 Å². The molecule has 0 unspecified atom stereocenters. The smallest absolute Gasteiger partial charge is 0.160 e. The van der Waals surface area contributed by atoms with Gasteiger partial charge in [-0.15, -0.1) is 0 Å². The SMILES string of the molecule is N#Cc1ccc(-c2ccc(-c3cc(-c4ccc(-c5cccc(-c6cc7ccc8cccc9c%10cccc%11ccc%12cccc(c(c6)c7c89)c%12c%11%10)c5)cc4)nc(-c4ccccc4)n3)cc2)cc1. The molecular weight excluding hydrogens is 799 g/mol. The van der Waals surface area contributed by atoms with Gasteiger partial charge in [-0.25, -0.2) is 9.97 Å². The second-order valence-corrected chi connectivity index (χ2v) is 17.2. The molecule has 0 bridgehead atoms. The Morgan fingerprint density at radius 1 is 0.273 bits per heavy atom. The Morgan fingerprint density at radius 2 is 0.697 bits per heavy atom. The third-order valence-corrected chi connectivity index (χ3v) is 13.4. The zero-order valence-electron chi connectivity index (χ0n) is 35.7. The minimum absolute atomic E-state index is 0.649. The highest BCUT2D eigenvalue weighted by Crippen LogP contribution is 2.45. The van der Waals surface area contributed by atoms with Gasteiger partial charge in [-0.3, -0.25) is 0 Å². The summed E-state index contributed by atoms with van der Waals surface area (Å²) in [6.07, 6.45) is 0. The largest absolute Gasteiger partial charge is 0.228 e. The van der Waals surface area contributed by atoms with E-state index >= 15 is 0 Å². The van der Waals surface area contributed by atoms with Gasteiger partial charge in [-0.05, 0) is 134 Å². The molecular formula is C63H37N3. The van der Waals surface area contributed by atoms with Gasteiger partial charge in [0, 0.05) is 16.7 Å². The summed E-state index contributed by atoms with van der Waals surface area (Å²) >= 11 is 0. The molecule has 0 amide bonds.